The van der Waals surface area contributed by atoms with E-state index in [0.29, 0.717) is 45.5 Å². The summed E-state index contributed by atoms with van der Waals surface area (Å²) in [5, 5.41) is 3.46. The first-order valence-electron chi connectivity index (χ1n) is 10.9. The maximum atomic E-state index is 12.6. The highest BCUT2D eigenvalue weighted by Crippen LogP contribution is 2.30. The van der Waals surface area contributed by atoms with E-state index in [2.05, 4.69) is 41.9 Å². The number of anilines is 2. The average molecular weight is 616 g/mol. The zero-order valence-electron chi connectivity index (χ0n) is 18.8. The molecule has 1 heterocycles. The van der Waals surface area contributed by atoms with Crippen LogP contribution >= 0.6 is 31.9 Å². The molecule has 0 radical (unpaired) electrons. The van der Waals surface area contributed by atoms with Crippen molar-refractivity contribution in [3.8, 4) is 0 Å². The molecule has 2 aromatic rings. The van der Waals surface area contributed by atoms with Gasteiger partial charge in [-0.15, -0.1) is 0 Å². The number of para-hydroxylation sites is 1. The van der Waals surface area contributed by atoms with Crippen LogP contribution in [0.4, 0.5) is 11.4 Å². The lowest BCUT2D eigenvalue weighted by atomic mass is 10.0. The first kappa shape index (κ1) is 26.7. The number of piperidine rings is 1. The van der Waals surface area contributed by atoms with Gasteiger partial charge in [-0.1, -0.05) is 18.2 Å². The van der Waals surface area contributed by atoms with Crippen molar-refractivity contribution in [2.24, 2.45) is 0 Å². The molecule has 1 aliphatic rings. The Balaban J connectivity index is 1.45. The SMILES string of the molecule is CS(=O)(=O)Nc1ccccc1CNC1CCN(C(=O)CCC(=O)c2cc(Br)c(N)c(Br)c2)CC1. The molecule has 2 aromatic carbocycles. The molecule has 4 N–H and O–H groups in total. The van der Waals surface area contributed by atoms with E-state index in [0.717, 1.165) is 24.7 Å². The molecular weight excluding hydrogens is 588 g/mol. The molecule has 1 fully saturated rings. The summed E-state index contributed by atoms with van der Waals surface area (Å²) in [5.41, 5.74) is 8.34. The zero-order valence-corrected chi connectivity index (χ0v) is 22.8. The molecule has 34 heavy (non-hydrogen) atoms. The van der Waals surface area contributed by atoms with Gasteiger partial charge in [-0.25, -0.2) is 8.42 Å². The van der Waals surface area contributed by atoms with Crippen molar-refractivity contribution in [2.45, 2.75) is 38.3 Å². The number of carbonyl (C=O) groups excluding carboxylic acids is 2. The molecule has 11 heteroatoms. The third kappa shape index (κ3) is 7.53. The highest BCUT2D eigenvalue weighted by atomic mass is 79.9. The number of likely N-dealkylation sites (tertiary alicyclic amines) is 1. The molecule has 1 amide bonds. The summed E-state index contributed by atoms with van der Waals surface area (Å²) < 4.78 is 27.0. The van der Waals surface area contributed by atoms with Gasteiger partial charge in [0.15, 0.2) is 5.78 Å². The minimum Gasteiger partial charge on any atom is -0.397 e. The van der Waals surface area contributed by atoms with Crippen molar-refractivity contribution in [1.82, 2.24) is 10.2 Å². The fourth-order valence-corrected chi connectivity index (χ4v) is 5.61. The van der Waals surface area contributed by atoms with Crippen molar-refractivity contribution < 1.29 is 18.0 Å². The van der Waals surface area contributed by atoms with E-state index in [1.807, 2.05) is 12.1 Å². The topological polar surface area (TPSA) is 122 Å². The van der Waals surface area contributed by atoms with Gasteiger partial charge in [0.2, 0.25) is 15.9 Å². The summed E-state index contributed by atoms with van der Waals surface area (Å²) in [6, 6.07) is 10.9. The van der Waals surface area contributed by atoms with Gasteiger partial charge in [-0.3, -0.25) is 14.3 Å². The van der Waals surface area contributed by atoms with E-state index in [9.17, 15) is 18.0 Å². The van der Waals surface area contributed by atoms with E-state index < -0.39 is 10.0 Å². The molecule has 0 bridgehead atoms. The molecule has 184 valence electrons. The number of nitrogens with zero attached hydrogens (tertiary/aromatic N) is 1. The number of hydrogen-bond donors (Lipinski definition) is 3. The maximum absolute atomic E-state index is 12.6. The normalized spacial score (nSPS) is 14.7. The van der Waals surface area contributed by atoms with E-state index in [1.54, 1.807) is 29.2 Å². The number of ketones is 1. The number of hydrogen-bond acceptors (Lipinski definition) is 6. The van der Waals surface area contributed by atoms with Crippen molar-refractivity contribution >= 4 is 64.9 Å². The van der Waals surface area contributed by atoms with Crippen LogP contribution in [0.5, 0.6) is 0 Å². The Morgan fingerprint density at radius 1 is 1.09 bits per heavy atom. The van der Waals surface area contributed by atoms with Gasteiger partial charge in [0.1, 0.15) is 0 Å². The standard InChI is InChI=1S/C23H28Br2N4O4S/c1-34(32,33)28-20-5-3-2-4-15(20)14-27-17-8-10-29(11-9-17)22(31)7-6-21(30)16-12-18(24)23(26)19(25)13-16/h2-5,12-13,17,27-28H,6-11,14,26H2,1H3. The Morgan fingerprint density at radius 2 is 1.71 bits per heavy atom. The lowest BCUT2D eigenvalue weighted by molar-refractivity contribution is -0.132. The Morgan fingerprint density at radius 3 is 2.32 bits per heavy atom. The molecule has 3 rings (SSSR count). The Labute approximate surface area is 217 Å². The lowest BCUT2D eigenvalue weighted by Crippen LogP contribution is -2.44. The van der Waals surface area contributed by atoms with Gasteiger partial charge < -0.3 is 16.0 Å². The van der Waals surface area contributed by atoms with Crippen LogP contribution in [0.15, 0.2) is 45.3 Å². The van der Waals surface area contributed by atoms with Crippen LogP contribution in [0.3, 0.4) is 0 Å². The van der Waals surface area contributed by atoms with Crippen LogP contribution in [-0.4, -0.2) is 50.4 Å². The number of Topliss-reactive ketones (excluding diaryl/α,β-unsaturated/α-hetero) is 1. The van der Waals surface area contributed by atoms with Crippen LogP contribution in [0, 0.1) is 0 Å². The minimum absolute atomic E-state index is 0.0249. The first-order valence-corrected chi connectivity index (χ1v) is 14.4. The fourth-order valence-electron chi connectivity index (χ4n) is 3.83. The molecular formula is C23H28Br2N4O4S. The molecule has 0 aliphatic carbocycles. The number of benzene rings is 2. The number of sulfonamides is 1. The summed E-state index contributed by atoms with van der Waals surface area (Å²) in [6.45, 7) is 1.76. The molecule has 0 spiro atoms. The van der Waals surface area contributed by atoms with Crippen molar-refractivity contribution in [1.29, 1.82) is 0 Å². The van der Waals surface area contributed by atoms with E-state index >= 15 is 0 Å². The summed E-state index contributed by atoms with van der Waals surface area (Å²) >= 11 is 6.68. The summed E-state index contributed by atoms with van der Waals surface area (Å²) in [4.78, 5) is 27.0. The van der Waals surface area contributed by atoms with Gasteiger partial charge in [-0.05, 0) is 68.5 Å². The number of carbonyl (C=O) groups is 2. The van der Waals surface area contributed by atoms with Gasteiger partial charge in [0, 0.05) is 53.0 Å². The van der Waals surface area contributed by atoms with Gasteiger partial charge >= 0.3 is 0 Å². The second kappa shape index (κ2) is 11.7. The van der Waals surface area contributed by atoms with Crippen molar-refractivity contribution in [3.63, 3.8) is 0 Å². The largest absolute Gasteiger partial charge is 0.397 e. The third-order valence-corrected chi connectivity index (χ3v) is 7.61. The molecule has 0 saturated carbocycles. The smallest absolute Gasteiger partial charge is 0.229 e. The number of amides is 1. The van der Waals surface area contributed by atoms with Crippen molar-refractivity contribution in [2.75, 3.05) is 29.8 Å². The minimum atomic E-state index is -3.35. The highest BCUT2D eigenvalue weighted by Gasteiger charge is 2.23. The molecule has 0 aromatic heterocycles. The molecule has 1 aliphatic heterocycles. The summed E-state index contributed by atoms with van der Waals surface area (Å²) in [6.07, 6.45) is 3.02. The van der Waals surface area contributed by atoms with E-state index in [-0.39, 0.29) is 30.6 Å². The number of halogens is 2. The summed E-state index contributed by atoms with van der Waals surface area (Å²) in [7, 11) is -3.35. The molecule has 0 atom stereocenters. The molecule has 1 saturated heterocycles. The number of rotatable bonds is 9. The molecule has 0 unspecified atom stereocenters. The van der Waals surface area contributed by atoms with Gasteiger partial charge in [-0.2, -0.15) is 0 Å². The molecule has 8 nitrogen and oxygen atoms in total. The zero-order chi connectivity index (χ0) is 24.9. The van der Waals surface area contributed by atoms with Gasteiger partial charge in [0.05, 0.1) is 17.6 Å². The summed E-state index contributed by atoms with van der Waals surface area (Å²) in [5.74, 6) is -0.129. The van der Waals surface area contributed by atoms with Crippen LogP contribution in [0.2, 0.25) is 0 Å². The number of nitrogen functional groups attached to an aromatic ring is 1. The quantitative estimate of drug-likeness (QED) is 0.290. The monoisotopic (exact) mass is 614 g/mol. The Kier molecular flexibility index (Phi) is 9.14. The predicted molar refractivity (Wildman–Crippen MR) is 141 cm³/mol. The Hall–Kier alpha value is -1.95. The second-order valence-corrected chi connectivity index (χ2v) is 11.8. The first-order chi connectivity index (χ1) is 16.0. The third-order valence-electron chi connectivity index (χ3n) is 5.71. The average Bonchev–Trinajstić information content (AvgIpc) is 2.79. The van der Waals surface area contributed by atoms with Crippen LogP contribution in [0.1, 0.15) is 41.6 Å². The predicted octanol–water partition coefficient (Wildman–Crippen LogP) is 3.91. The lowest BCUT2D eigenvalue weighted by Gasteiger charge is -2.32. The van der Waals surface area contributed by atoms with Crippen LogP contribution in [-0.2, 0) is 21.4 Å². The van der Waals surface area contributed by atoms with E-state index in [4.69, 9.17) is 5.73 Å². The number of nitrogens with two attached hydrogens (primary N) is 1. The Bertz CT molecular complexity index is 1140. The maximum Gasteiger partial charge on any atom is 0.229 e. The number of nitrogens with one attached hydrogen (secondary N) is 2. The van der Waals surface area contributed by atoms with Crippen LogP contribution < -0.4 is 15.8 Å². The second-order valence-electron chi connectivity index (χ2n) is 8.34. The fraction of sp³-hybridized carbons (Fsp3) is 0.391. The van der Waals surface area contributed by atoms with E-state index in [1.165, 1.54) is 0 Å². The van der Waals surface area contributed by atoms with Crippen LogP contribution in [0.25, 0.3) is 0 Å². The highest BCUT2D eigenvalue weighted by molar-refractivity contribution is 9.11. The van der Waals surface area contributed by atoms with Crippen molar-refractivity contribution in [3.05, 3.63) is 56.5 Å². The van der Waals surface area contributed by atoms with Gasteiger partial charge in [0.25, 0.3) is 0 Å².